The number of oxime groups is 1. The molecular formula is C14H15N3O2S. The molecule has 0 saturated carbocycles. The maximum Gasteiger partial charge on any atom is 0.228 e. The van der Waals surface area contributed by atoms with Crippen molar-refractivity contribution in [3.8, 4) is 0 Å². The maximum absolute atomic E-state index is 11.8. The maximum atomic E-state index is 11.8. The molecule has 0 spiro atoms. The number of nitrogens with two attached hydrogens (primary N) is 1. The zero-order valence-corrected chi connectivity index (χ0v) is 11.6. The van der Waals surface area contributed by atoms with E-state index in [4.69, 9.17) is 10.9 Å². The Bertz CT molecular complexity index is 591. The number of anilines is 1. The van der Waals surface area contributed by atoms with Crippen LogP contribution in [0.1, 0.15) is 11.1 Å². The van der Waals surface area contributed by atoms with Gasteiger partial charge < -0.3 is 16.3 Å². The molecule has 4 N–H and O–H groups in total. The summed E-state index contributed by atoms with van der Waals surface area (Å²) < 4.78 is 0. The van der Waals surface area contributed by atoms with E-state index < -0.39 is 0 Å². The molecule has 0 bridgehead atoms. The molecule has 0 radical (unpaired) electrons. The Morgan fingerprint density at radius 2 is 1.95 bits per heavy atom. The van der Waals surface area contributed by atoms with E-state index in [-0.39, 0.29) is 11.7 Å². The van der Waals surface area contributed by atoms with Gasteiger partial charge in [-0.3, -0.25) is 4.79 Å². The molecule has 20 heavy (non-hydrogen) atoms. The lowest BCUT2D eigenvalue weighted by molar-refractivity contribution is -0.115. The molecule has 1 heterocycles. The highest BCUT2D eigenvalue weighted by Gasteiger charge is 2.05. The quantitative estimate of drug-likeness (QED) is 0.341. The van der Waals surface area contributed by atoms with Crippen LogP contribution < -0.4 is 11.1 Å². The molecule has 1 amide bonds. The van der Waals surface area contributed by atoms with Gasteiger partial charge in [0.15, 0.2) is 0 Å². The average molecular weight is 289 g/mol. The zero-order chi connectivity index (χ0) is 14.4. The normalized spacial score (nSPS) is 11.3. The molecule has 2 rings (SSSR count). The number of nitrogens with one attached hydrogen (secondary N) is 1. The van der Waals surface area contributed by atoms with E-state index >= 15 is 0 Å². The minimum atomic E-state index is -0.0485. The highest BCUT2D eigenvalue weighted by atomic mass is 32.1. The van der Waals surface area contributed by atoms with Crippen molar-refractivity contribution < 1.29 is 10.0 Å². The van der Waals surface area contributed by atoms with Crippen molar-refractivity contribution in [2.75, 3.05) is 5.32 Å². The second-order valence-corrected chi connectivity index (χ2v) is 5.10. The SMILES string of the molecule is NC(Cc1ccc(NC(=O)Cc2ccsc2)cc1)=NO. The van der Waals surface area contributed by atoms with Crippen LogP contribution >= 0.6 is 11.3 Å². The van der Waals surface area contributed by atoms with Gasteiger partial charge in [0.1, 0.15) is 5.84 Å². The molecule has 0 fully saturated rings. The van der Waals surface area contributed by atoms with Gasteiger partial charge in [-0.15, -0.1) is 0 Å². The summed E-state index contributed by atoms with van der Waals surface area (Å²) in [7, 11) is 0. The van der Waals surface area contributed by atoms with Crippen molar-refractivity contribution >= 4 is 28.8 Å². The van der Waals surface area contributed by atoms with E-state index in [1.807, 2.05) is 29.0 Å². The summed E-state index contributed by atoms with van der Waals surface area (Å²) in [6.07, 6.45) is 0.745. The molecule has 0 aliphatic heterocycles. The lowest BCUT2D eigenvalue weighted by Gasteiger charge is -2.06. The van der Waals surface area contributed by atoms with Gasteiger partial charge in [-0.25, -0.2) is 0 Å². The number of hydrogen-bond acceptors (Lipinski definition) is 4. The fraction of sp³-hybridized carbons (Fsp3) is 0.143. The van der Waals surface area contributed by atoms with Crippen molar-refractivity contribution in [1.29, 1.82) is 0 Å². The highest BCUT2D eigenvalue weighted by Crippen LogP contribution is 2.12. The molecule has 1 aromatic heterocycles. The van der Waals surface area contributed by atoms with Crippen LogP contribution in [0.15, 0.2) is 46.2 Å². The van der Waals surface area contributed by atoms with Gasteiger partial charge in [-0.1, -0.05) is 17.3 Å². The predicted octanol–water partition coefficient (Wildman–Crippen LogP) is 2.22. The third-order valence-electron chi connectivity index (χ3n) is 2.70. The van der Waals surface area contributed by atoms with E-state index in [0.717, 1.165) is 16.8 Å². The van der Waals surface area contributed by atoms with Crippen molar-refractivity contribution in [2.24, 2.45) is 10.9 Å². The largest absolute Gasteiger partial charge is 0.409 e. The van der Waals surface area contributed by atoms with Gasteiger partial charge in [0, 0.05) is 12.1 Å². The van der Waals surface area contributed by atoms with Crippen LogP contribution in [-0.2, 0) is 17.6 Å². The summed E-state index contributed by atoms with van der Waals surface area (Å²) in [4.78, 5) is 11.8. The van der Waals surface area contributed by atoms with E-state index in [2.05, 4.69) is 10.5 Å². The molecule has 104 valence electrons. The Morgan fingerprint density at radius 3 is 2.55 bits per heavy atom. The lowest BCUT2D eigenvalue weighted by Crippen LogP contribution is -2.15. The standard InChI is InChI=1S/C14H15N3O2S/c15-13(17-19)7-10-1-3-12(4-2-10)16-14(18)8-11-5-6-20-9-11/h1-6,9,19H,7-8H2,(H2,15,17)(H,16,18). The van der Waals surface area contributed by atoms with Crippen molar-refractivity contribution in [3.63, 3.8) is 0 Å². The first-order chi connectivity index (χ1) is 9.67. The second-order valence-electron chi connectivity index (χ2n) is 4.32. The summed E-state index contributed by atoms with van der Waals surface area (Å²) in [6.45, 7) is 0. The topological polar surface area (TPSA) is 87.7 Å². The molecule has 1 aromatic carbocycles. The number of benzene rings is 1. The van der Waals surface area contributed by atoms with Gasteiger partial charge in [0.25, 0.3) is 0 Å². The summed E-state index contributed by atoms with van der Waals surface area (Å²) in [6, 6.07) is 9.19. The van der Waals surface area contributed by atoms with E-state index in [1.54, 1.807) is 23.5 Å². The van der Waals surface area contributed by atoms with E-state index in [1.165, 1.54) is 0 Å². The van der Waals surface area contributed by atoms with Crippen molar-refractivity contribution in [1.82, 2.24) is 0 Å². The summed E-state index contributed by atoms with van der Waals surface area (Å²) in [5.41, 5.74) is 8.08. The summed E-state index contributed by atoms with van der Waals surface area (Å²) in [5.74, 6) is 0.104. The van der Waals surface area contributed by atoms with Crippen LogP contribution in [0.2, 0.25) is 0 Å². The van der Waals surface area contributed by atoms with Crippen LogP contribution in [0.4, 0.5) is 5.69 Å². The average Bonchev–Trinajstić information content (AvgIpc) is 2.93. The minimum absolute atomic E-state index is 0.0485. The van der Waals surface area contributed by atoms with Crippen LogP contribution in [0.25, 0.3) is 0 Å². The van der Waals surface area contributed by atoms with E-state index in [9.17, 15) is 4.79 Å². The number of rotatable bonds is 5. The van der Waals surface area contributed by atoms with Crippen LogP contribution in [0.5, 0.6) is 0 Å². The number of thiophene rings is 1. The van der Waals surface area contributed by atoms with Crippen LogP contribution in [0, 0.1) is 0 Å². The van der Waals surface area contributed by atoms with Gasteiger partial charge in [0.05, 0.1) is 6.42 Å². The number of amides is 1. The highest BCUT2D eigenvalue weighted by molar-refractivity contribution is 7.08. The summed E-state index contributed by atoms with van der Waals surface area (Å²) in [5, 5.41) is 18.2. The first-order valence-corrected chi connectivity index (χ1v) is 6.98. The van der Waals surface area contributed by atoms with Gasteiger partial charge in [-0.05, 0) is 40.1 Å². The Labute approximate surface area is 120 Å². The number of carbonyl (C=O) groups excluding carboxylic acids is 1. The first kappa shape index (κ1) is 14.1. The molecule has 0 unspecified atom stereocenters. The molecule has 0 atom stereocenters. The Balaban J connectivity index is 1.91. The molecule has 0 saturated heterocycles. The number of amidine groups is 1. The summed E-state index contributed by atoms with van der Waals surface area (Å²) >= 11 is 1.57. The number of nitrogens with zero attached hydrogens (tertiary/aromatic N) is 1. The van der Waals surface area contributed by atoms with Crippen LogP contribution in [-0.4, -0.2) is 17.0 Å². The van der Waals surface area contributed by atoms with Crippen molar-refractivity contribution in [2.45, 2.75) is 12.8 Å². The fourth-order valence-electron chi connectivity index (χ4n) is 1.73. The number of carbonyl (C=O) groups is 1. The van der Waals surface area contributed by atoms with Crippen molar-refractivity contribution in [3.05, 3.63) is 52.2 Å². The predicted molar refractivity (Wildman–Crippen MR) is 80.2 cm³/mol. The first-order valence-electron chi connectivity index (χ1n) is 6.03. The monoisotopic (exact) mass is 289 g/mol. The minimum Gasteiger partial charge on any atom is -0.409 e. The Hall–Kier alpha value is -2.34. The van der Waals surface area contributed by atoms with Gasteiger partial charge in [0.2, 0.25) is 5.91 Å². The molecule has 2 aromatic rings. The zero-order valence-electron chi connectivity index (χ0n) is 10.7. The van der Waals surface area contributed by atoms with Gasteiger partial charge >= 0.3 is 0 Å². The smallest absolute Gasteiger partial charge is 0.228 e. The lowest BCUT2D eigenvalue weighted by atomic mass is 10.1. The molecule has 0 aliphatic carbocycles. The molecule has 6 heteroatoms. The molecular weight excluding hydrogens is 274 g/mol. The Kier molecular flexibility index (Phi) is 4.73. The van der Waals surface area contributed by atoms with Gasteiger partial charge in [-0.2, -0.15) is 11.3 Å². The number of hydrogen-bond donors (Lipinski definition) is 3. The molecule has 0 aliphatic rings. The third-order valence-corrected chi connectivity index (χ3v) is 3.43. The van der Waals surface area contributed by atoms with E-state index in [0.29, 0.717) is 12.8 Å². The second kappa shape index (κ2) is 6.72. The van der Waals surface area contributed by atoms with Crippen LogP contribution in [0.3, 0.4) is 0 Å². The Morgan fingerprint density at radius 1 is 1.20 bits per heavy atom. The third kappa shape index (κ3) is 4.10. The molecule has 5 nitrogen and oxygen atoms in total. The fourth-order valence-corrected chi connectivity index (χ4v) is 2.40.